The van der Waals surface area contributed by atoms with Crippen LogP contribution in [0.1, 0.15) is 16.1 Å². The van der Waals surface area contributed by atoms with Crippen LogP contribution in [0.25, 0.3) is 0 Å². The standard InChI is InChI=1S/C13H11ClN2O2/c14-9-3-5-10(6-4-9)16-8-12-11(13(17)18)2-1-7-15-12/h1-7,16H,8H2,(H,17,18). The van der Waals surface area contributed by atoms with Crippen LogP contribution >= 0.6 is 11.6 Å². The van der Waals surface area contributed by atoms with Gasteiger partial charge < -0.3 is 10.4 Å². The van der Waals surface area contributed by atoms with Gasteiger partial charge in [0.2, 0.25) is 0 Å². The second kappa shape index (κ2) is 5.51. The largest absolute Gasteiger partial charge is 0.478 e. The van der Waals surface area contributed by atoms with E-state index in [-0.39, 0.29) is 5.56 Å². The predicted molar refractivity (Wildman–Crippen MR) is 70.0 cm³/mol. The SMILES string of the molecule is O=C(O)c1cccnc1CNc1ccc(Cl)cc1. The molecular formula is C13H11ClN2O2. The number of anilines is 1. The van der Waals surface area contributed by atoms with E-state index in [4.69, 9.17) is 16.7 Å². The first-order valence-electron chi connectivity index (χ1n) is 5.33. The van der Waals surface area contributed by atoms with Gasteiger partial charge in [0.1, 0.15) is 0 Å². The highest BCUT2D eigenvalue weighted by Gasteiger charge is 2.09. The van der Waals surface area contributed by atoms with Crippen molar-refractivity contribution in [2.24, 2.45) is 0 Å². The van der Waals surface area contributed by atoms with Crippen molar-refractivity contribution >= 4 is 23.3 Å². The number of halogens is 1. The van der Waals surface area contributed by atoms with E-state index in [2.05, 4.69) is 10.3 Å². The molecule has 0 radical (unpaired) electrons. The summed E-state index contributed by atoms with van der Waals surface area (Å²) in [7, 11) is 0. The van der Waals surface area contributed by atoms with Crippen molar-refractivity contribution in [1.29, 1.82) is 0 Å². The molecule has 0 saturated carbocycles. The van der Waals surface area contributed by atoms with E-state index in [1.54, 1.807) is 24.4 Å². The number of benzene rings is 1. The Labute approximate surface area is 109 Å². The van der Waals surface area contributed by atoms with Gasteiger partial charge in [0, 0.05) is 16.9 Å². The number of carboxylic acids is 1. The van der Waals surface area contributed by atoms with E-state index in [1.807, 2.05) is 12.1 Å². The molecule has 1 heterocycles. The van der Waals surface area contributed by atoms with Gasteiger partial charge in [-0.2, -0.15) is 0 Å². The number of carbonyl (C=O) groups is 1. The molecule has 1 aromatic carbocycles. The summed E-state index contributed by atoms with van der Waals surface area (Å²) in [5.74, 6) is -0.976. The van der Waals surface area contributed by atoms with E-state index >= 15 is 0 Å². The summed E-state index contributed by atoms with van der Waals surface area (Å²) in [6.45, 7) is 0.351. The topological polar surface area (TPSA) is 62.2 Å². The minimum absolute atomic E-state index is 0.207. The van der Waals surface area contributed by atoms with Crippen molar-refractivity contribution < 1.29 is 9.90 Å². The van der Waals surface area contributed by atoms with Crippen molar-refractivity contribution in [3.05, 3.63) is 58.9 Å². The highest BCUT2D eigenvalue weighted by molar-refractivity contribution is 6.30. The lowest BCUT2D eigenvalue weighted by Crippen LogP contribution is -2.09. The molecule has 1 aromatic heterocycles. The zero-order chi connectivity index (χ0) is 13.0. The Balaban J connectivity index is 2.10. The van der Waals surface area contributed by atoms with E-state index in [9.17, 15) is 4.79 Å². The van der Waals surface area contributed by atoms with Crippen LogP contribution < -0.4 is 5.32 Å². The zero-order valence-corrected chi connectivity index (χ0v) is 10.2. The predicted octanol–water partition coefficient (Wildman–Crippen LogP) is 3.05. The molecule has 0 saturated heterocycles. The molecule has 0 aliphatic heterocycles. The minimum atomic E-state index is -0.976. The Hall–Kier alpha value is -2.07. The minimum Gasteiger partial charge on any atom is -0.478 e. The summed E-state index contributed by atoms with van der Waals surface area (Å²) in [4.78, 5) is 15.1. The van der Waals surface area contributed by atoms with Crippen molar-refractivity contribution in [3.63, 3.8) is 0 Å². The fourth-order valence-electron chi connectivity index (χ4n) is 1.53. The van der Waals surface area contributed by atoms with E-state index < -0.39 is 5.97 Å². The highest BCUT2D eigenvalue weighted by atomic mass is 35.5. The van der Waals surface area contributed by atoms with Gasteiger partial charge in [0.15, 0.2) is 0 Å². The number of hydrogen-bond donors (Lipinski definition) is 2. The summed E-state index contributed by atoms with van der Waals surface area (Å²) >= 11 is 5.78. The molecule has 2 aromatic rings. The van der Waals surface area contributed by atoms with Crippen molar-refractivity contribution in [1.82, 2.24) is 4.98 Å². The van der Waals surface area contributed by atoms with Crippen molar-refractivity contribution in [2.75, 3.05) is 5.32 Å². The van der Waals surface area contributed by atoms with Crippen LogP contribution in [0.2, 0.25) is 5.02 Å². The molecule has 0 amide bonds. The molecule has 0 bridgehead atoms. The first-order chi connectivity index (χ1) is 8.66. The van der Waals surface area contributed by atoms with Gasteiger partial charge in [-0.15, -0.1) is 0 Å². The Morgan fingerprint density at radius 3 is 2.67 bits per heavy atom. The van der Waals surface area contributed by atoms with Crippen LogP contribution in [0, 0.1) is 0 Å². The number of aromatic carboxylic acids is 1. The number of pyridine rings is 1. The van der Waals surface area contributed by atoms with Gasteiger partial charge in [-0.1, -0.05) is 11.6 Å². The maximum Gasteiger partial charge on any atom is 0.337 e. The molecule has 0 unspecified atom stereocenters. The number of aromatic nitrogens is 1. The summed E-state index contributed by atoms with van der Waals surface area (Å²) in [6.07, 6.45) is 1.57. The molecule has 0 atom stereocenters. The average Bonchev–Trinajstić information content (AvgIpc) is 2.38. The molecule has 0 aliphatic carbocycles. The van der Waals surface area contributed by atoms with Crippen LogP contribution in [-0.4, -0.2) is 16.1 Å². The Morgan fingerprint density at radius 2 is 2.00 bits per heavy atom. The van der Waals surface area contributed by atoms with Crippen molar-refractivity contribution in [2.45, 2.75) is 6.54 Å². The second-order valence-electron chi connectivity index (χ2n) is 3.66. The number of nitrogens with zero attached hydrogens (tertiary/aromatic N) is 1. The quantitative estimate of drug-likeness (QED) is 0.889. The molecule has 0 spiro atoms. The van der Waals surface area contributed by atoms with Gasteiger partial charge in [0.25, 0.3) is 0 Å². The van der Waals surface area contributed by atoms with Gasteiger partial charge in [0.05, 0.1) is 17.8 Å². The summed E-state index contributed by atoms with van der Waals surface area (Å²) in [6, 6.07) is 10.3. The van der Waals surface area contributed by atoms with Crippen LogP contribution in [0.3, 0.4) is 0 Å². The molecule has 2 rings (SSSR count). The van der Waals surface area contributed by atoms with E-state index in [1.165, 1.54) is 6.07 Å². The van der Waals surface area contributed by atoms with Crippen molar-refractivity contribution in [3.8, 4) is 0 Å². The Kier molecular flexibility index (Phi) is 3.79. The lowest BCUT2D eigenvalue weighted by Gasteiger charge is -2.08. The molecule has 0 aliphatic rings. The third-order valence-corrected chi connectivity index (χ3v) is 2.68. The van der Waals surface area contributed by atoms with Crippen LogP contribution in [0.4, 0.5) is 5.69 Å². The monoisotopic (exact) mass is 262 g/mol. The molecule has 5 heteroatoms. The molecule has 0 fully saturated rings. The molecule has 4 nitrogen and oxygen atoms in total. The van der Waals surface area contributed by atoms with Crippen LogP contribution in [0.5, 0.6) is 0 Å². The first-order valence-corrected chi connectivity index (χ1v) is 5.71. The fourth-order valence-corrected chi connectivity index (χ4v) is 1.65. The number of nitrogens with one attached hydrogen (secondary N) is 1. The third-order valence-electron chi connectivity index (χ3n) is 2.42. The maximum absolute atomic E-state index is 11.0. The summed E-state index contributed by atoms with van der Waals surface area (Å²) in [5, 5.41) is 12.8. The second-order valence-corrected chi connectivity index (χ2v) is 4.10. The molecule has 18 heavy (non-hydrogen) atoms. The van der Waals surface area contributed by atoms with Gasteiger partial charge in [-0.05, 0) is 36.4 Å². The summed E-state index contributed by atoms with van der Waals surface area (Å²) in [5.41, 5.74) is 1.57. The normalized spacial score (nSPS) is 10.1. The molecular weight excluding hydrogens is 252 g/mol. The van der Waals surface area contributed by atoms with Crippen LogP contribution in [-0.2, 0) is 6.54 Å². The summed E-state index contributed by atoms with van der Waals surface area (Å²) < 4.78 is 0. The smallest absolute Gasteiger partial charge is 0.337 e. The van der Waals surface area contributed by atoms with Gasteiger partial charge in [-0.25, -0.2) is 4.79 Å². The zero-order valence-electron chi connectivity index (χ0n) is 9.43. The van der Waals surface area contributed by atoms with E-state index in [0.717, 1.165) is 5.69 Å². The first kappa shape index (κ1) is 12.4. The maximum atomic E-state index is 11.0. The van der Waals surface area contributed by atoms with Crippen LogP contribution in [0.15, 0.2) is 42.6 Å². The third kappa shape index (κ3) is 2.99. The molecule has 2 N–H and O–H groups in total. The van der Waals surface area contributed by atoms with E-state index in [0.29, 0.717) is 17.3 Å². The number of rotatable bonds is 4. The average molecular weight is 263 g/mol. The lowest BCUT2D eigenvalue weighted by atomic mass is 10.2. The molecule has 92 valence electrons. The number of carboxylic acid groups (broad SMARTS) is 1. The fraction of sp³-hybridized carbons (Fsp3) is 0.0769. The number of hydrogen-bond acceptors (Lipinski definition) is 3. The highest BCUT2D eigenvalue weighted by Crippen LogP contribution is 2.15. The van der Waals surface area contributed by atoms with Gasteiger partial charge >= 0.3 is 5.97 Å². The Bertz CT molecular complexity index is 555. The Morgan fingerprint density at radius 1 is 1.28 bits per heavy atom. The van der Waals surface area contributed by atoms with Gasteiger partial charge in [-0.3, -0.25) is 4.98 Å². The lowest BCUT2D eigenvalue weighted by molar-refractivity contribution is 0.0695.